The summed E-state index contributed by atoms with van der Waals surface area (Å²) in [6, 6.07) is 14.0. The van der Waals surface area contributed by atoms with Crippen LogP contribution in [-0.4, -0.2) is 62.8 Å². The summed E-state index contributed by atoms with van der Waals surface area (Å²) in [7, 11) is -3.59. The van der Waals surface area contributed by atoms with Gasteiger partial charge in [-0.15, -0.1) is 0 Å². The van der Waals surface area contributed by atoms with E-state index in [1.54, 1.807) is 36.9 Å². The van der Waals surface area contributed by atoms with Crippen molar-refractivity contribution in [2.24, 2.45) is 0 Å². The fraction of sp³-hybridized carbons (Fsp3) is 0.381. The van der Waals surface area contributed by atoms with Crippen LogP contribution >= 0.6 is 11.6 Å². The lowest BCUT2D eigenvalue weighted by Gasteiger charge is -2.36. The maximum absolute atomic E-state index is 13.0. The summed E-state index contributed by atoms with van der Waals surface area (Å²) in [6.07, 6.45) is 0. The van der Waals surface area contributed by atoms with Crippen LogP contribution in [0.4, 0.5) is 5.69 Å². The van der Waals surface area contributed by atoms with Gasteiger partial charge in [-0.3, -0.25) is 4.79 Å². The Morgan fingerprint density at radius 2 is 1.62 bits per heavy atom. The molecular weight excluding hydrogens is 410 g/mol. The number of hydrogen-bond acceptors (Lipinski definition) is 4. The molecule has 0 aromatic heterocycles. The van der Waals surface area contributed by atoms with Gasteiger partial charge in [0.1, 0.15) is 0 Å². The summed E-state index contributed by atoms with van der Waals surface area (Å²) in [4.78, 5) is 17.1. The molecule has 0 saturated carbocycles. The molecule has 0 unspecified atom stereocenters. The van der Waals surface area contributed by atoms with Gasteiger partial charge in [0.25, 0.3) is 5.91 Å². The van der Waals surface area contributed by atoms with Crippen LogP contribution in [0.2, 0.25) is 5.02 Å². The van der Waals surface area contributed by atoms with Gasteiger partial charge < -0.3 is 9.80 Å². The molecule has 0 spiro atoms. The Hall–Kier alpha value is -2.09. The van der Waals surface area contributed by atoms with E-state index in [2.05, 4.69) is 4.90 Å². The lowest BCUT2D eigenvalue weighted by Crippen LogP contribution is -2.48. The van der Waals surface area contributed by atoms with Crippen molar-refractivity contribution < 1.29 is 13.2 Å². The number of amides is 1. The Kier molecular flexibility index (Phi) is 6.82. The van der Waals surface area contributed by atoms with Crippen molar-refractivity contribution in [3.8, 4) is 0 Å². The second-order valence-corrected chi connectivity index (χ2v) is 9.25. The van der Waals surface area contributed by atoms with Crippen molar-refractivity contribution in [1.29, 1.82) is 0 Å². The van der Waals surface area contributed by atoms with Crippen LogP contribution in [0.3, 0.4) is 0 Å². The fourth-order valence-electron chi connectivity index (χ4n) is 3.50. The Morgan fingerprint density at radius 3 is 2.21 bits per heavy atom. The predicted octanol–water partition coefficient (Wildman–Crippen LogP) is 3.33. The second kappa shape index (κ2) is 9.15. The number of carbonyl (C=O) groups is 1. The normalized spacial score (nSPS) is 15.0. The molecule has 0 aliphatic carbocycles. The monoisotopic (exact) mass is 435 g/mol. The topological polar surface area (TPSA) is 60.9 Å². The zero-order chi connectivity index (χ0) is 21.0. The lowest BCUT2D eigenvalue weighted by atomic mass is 10.1. The van der Waals surface area contributed by atoms with Gasteiger partial charge in [-0.2, -0.15) is 4.31 Å². The molecule has 29 heavy (non-hydrogen) atoms. The maximum atomic E-state index is 13.0. The van der Waals surface area contributed by atoms with E-state index >= 15 is 0 Å². The zero-order valence-electron chi connectivity index (χ0n) is 16.7. The summed E-state index contributed by atoms with van der Waals surface area (Å²) in [5.41, 5.74) is 1.48. The van der Waals surface area contributed by atoms with Gasteiger partial charge in [0, 0.05) is 55.5 Å². The van der Waals surface area contributed by atoms with E-state index in [4.69, 9.17) is 11.6 Å². The number of carbonyl (C=O) groups excluding carboxylic acids is 1. The standard InChI is InChI=1S/C21H26ClN3O3S/c1-3-25(4-2)29(27,28)20-7-5-6-17(16-20)21(26)24-14-12-23(13-15-24)19-10-8-18(22)9-11-19/h5-11,16H,3-4,12-15H2,1-2H3. The van der Waals surface area contributed by atoms with Crippen molar-refractivity contribution >= 4 is 33.2 Å². The van der Waals surface area contributed by atoms with Crippen molar-refractivity contribution in [2.75, 3.05) is 44.2 Å². The second-order valence-electron chi connectivity index (χ2n) is 6.87. The van der Waals surface area contributed by atoms with E-state index in [1.807, 2.05) is 24.3 Å². The molecule has 2 aromatic rings. The molecule has 1 saturated heterocycles. The van der Waals surface area contributed by atoms with Crippen LogP contribution in [0.5, 0.6) is 0 Å². The van der Waals surface area contributed by atoms with Gasteiger partial charge in [0.05, 0.1) is 4.90 Å². The van der Waals surface area contributed by atoms with Gasteiger partial charge in [0.15, 0.2) is 0 Å². The summed E-state index contributed by atoms with van der Waals surface area (Å²) >= 11 is 5.95. The number of sulfonamides is 1. The quantitative estimate of drug-likeness (QED) is 0.698. The Bertz CT molecular complexity index is 951. The molecule has 1 heterocycles. The smallest absolute Gasteiger partial charge is 0.254 e. The Balaban J connectivity index is 1.71. The predicted molar refractivity (Wildman–Crippen MR) is 116 cm³/mol. The summed E-state index contributed by atoms with van der Waals surface area (Å²) < 4.78 is 26.9. The summed E-state index contributed by atoms with van der Waals surface area (Å²) in [5.74, 6) is -0.141. The van der Waals surface area contributed by atoms with Crippen LogP contribution in [-0.2, 0) is 10.0 Å². The molecule has 0 radical (unpaired) electrons. The minimum absolute atomic E-state index is 0.141. The van der Waals surface area contributed by atoms with Crippen LogP contribution in [0.25, 0.3) is 0 Å². The minimum Gasteiger partial charge on any atom is -0.368 e. The van der Waals surface area contributed by atoms with E-state index in [1.165, 1.54) is 10.4 Å². The molecule has 1 aliphatic rings. The maximum Gasteiger partial charge on any atom is 0.254 e. The number of piperazine rings is 1. The van der Waals surface area contributed by atoms with Crippen molar-refractivity contribution in [2.45, 2.75) is 18.7 Å². The Labute approximate surface area is 177 Å². The van der Waals surface area contributed by atoms with Crippen molar-refractivity contribution in [3.63, 3.8) is 0 Å². The minimum atomic E-state index is -3.59. The average molecular weight is 436 g/mol. The molecule has 6 nitrogen and oxygen atoms in total. The molecule has 3 rings (SSSR count). The first-order chi connectivity index (χ1) is 13.9. The number of rotatable bonds is 6. The van der Waals surface area contributed by atoms with Crippen LogP contribution in [0.15, 0.2) is 53.4 Å². The SMILES string of the molecule is CCN(CC)S(=O)(=O)c1cccc(C(=O)N2CCN(c3ccc(Cl)cc3)CC2)c1. The van der Waals surface area contributed by atoms with Crippen molar-refractivity contribution in [3.05, 3.63) is 59.1 Å². The first-order valence-corrected chi connectivity index (χ1v) is 11.6. The highest BCUT2D eigenvalue weighted by atomic mass is 35.5. The molecule has 0 bridgehead atoms. The first-order valence-electron chi connectivity index (χ1n) is 9.76. The van der Waals surface area contributed by atoms with Gasteiger partial charge in [-0.05, 0) is 42.5 Å². The highest BCUT2D eigenvalue weighted by Crippen LogP contribution is 2.21. The third-order valence-electron chi connectivity index (χ3n) is 5.18. The van der Waals surface area contributed by atoms with Crippen molar-refractivity contribution in [1.82, 2.24) is 9.21 Å². The molecule has 156 valence electrons. The van der Waals surface area contributed by atoms with Crippen LogP contribution < -0.4 is 4.90 Å². The van der Waals surface area contributed by atoms with Crippen LogP contribution in [0.1, 0.15) is 24.2 Å². The van der Waals surface area contributed by atoms with E-state index in [0.29, 0.717) is 49.9 Å². The highest BCUT2D eigenvalue weighted by Gasteiger charge is 2.25. The number of anilines is 1. The third-order valence-corrected chi connectivity index (χ3v) is 7.48. The van der Waals surface area contributed by atoms with E-state index < -0.39 is 10.0 Å². The molecule has 0 N–H and O–H groups in total. The van der Waals surface area contributed by atoms with Gasteiger partial charge >= 0.3 is 0 Å². The van der Waals surface area contributed by atoms with Gasteiger partial charge in [-0.25, -0.2) is 8.42 Å². The summed E-state index contributed by atoms with van der Waals surface area (Å²) in [5, 5.41) is 0.696. The molecular formula is C21H26ClN3O3S. The molecule has 8 heteroatoms. The molecule has 1 fully saturated rings. The number of benzene rings is 2. The largest absolute Gasteiger partial charge is 0.368 e. The van der Waals surface area contributed by atoms with E-state index in [-0.39, 0.29) is 10.8 Å². The fourth-order valence-corrected chi connectivity index (χ4v) is 5.13. The number of hydrogen-bond donors (Lipinski definition) is 0. The van der Waals surface area contributed by atoms with Gasteiger partial charge in [-0.1, -0.05) is 31.5 Å². The molecule has 0 atom stereocenters. The van der Waals surface area contributed by atoms with E-state index in [9.17, 15) is 13.2 Å². The van der Waals surface area contributed by atoms with E-state index in [0.717, 1.165) is 5.69 Å². The number of halogens is 1. The highest BCUT2D eigenvalue weighted by molar-refractivity contribution is 7.89. The first kappa shape index (κ1) is 21.6. The number of nitrogens with zero attached hydrogens (tertiary/aromatic N) is 3. The molecule has 1 aliphatic heterocycles. The lowest BCUT2D eigenvalue weighted by molar-refractivity contribution is 0.0746. The molecule has 1 amide bonds. The Morgan fingerprint density at radius 1 is 1.00 bits per heavy atom. The van der Waals surface area contributed by atoms with Crippen LogP contribution in [0, 0.1) is 0 Å². The zero-order valence-corrected chi connectivity index (χ0v) is 18.3. The summed E-state index contributed by atoms with van der Waals surface area (Å²) in [6.45, 7) is 6.97. The molecule has 2 aromatic carbocycles. The average Bonchev–Trinajstić information content (AvgIpc) is 2.75. The third kappa shape index (κ3) is 4.74. The van der Waals surface area contributed by atoms with Gasteiger partial charge in [0.2, 0.25) is 10.0 Å².